The second-order valence-electron chi connectivity index (χ2n) is 8.59. The molecule has 0 bridgehead atoms. The highest BCUT2D eigenvalue weighted by Crippen LogP contribution is 2.33. The maximum atomic E-state index is 13.3. The first-order valence-corrected chi connectivity index (χ1v) is 12.1. The van der Waals surface area contributed by atoms with E-state index in [-0.39, 0.29) is 12.5 Å². The second-order valence-corrected chi connectivity index (χ2v) is 9.56. The molecule has 172 valence electrons. The fraction of sp³-hybridized carbons (Fsp3) is 0.346. The lowest BCUT2D eigenvalue weighted by Gasteiger charge is -2.20. The van der Waals surface area contributed by atoms with Gasteiger partial charge in [0.1, 0.15) is 5.75 Å². The van der Waals surface area contributed by atoms with Crippen molar-refractivity contribution in [3.63, 3.8) is 0 Å². The predicted molar refractivity (Wildman–Crippen MR) is 134 cm³/mol. The van der Waals surface area contributed by atoms with Crippen LogP contribution in [0.5, 0.6) is 5.75 Å². The van der Waals surface area contributed by atoms with Crippen LogP contribution in [0.15, 0.2) is 55.1 Å². The molecule has 0 aliphatic carbocycles. The molecule has 0 aliphatic rings. The summed E-state index contributed by atoms with van der Waals surface area (Å²) >= 11 is 1.57. The molecule has 0 aliphatic heterocycles. The van der Waals surface area contributed by atoms with E-state index in [9.17, 15) is 4.79 Å². The van der Waals surface area contributed by atoms with Gasteiger partial charge < -0.3 is 9.30 Å². The highest BCUT2D eigenvalue weighted by molar-refractivity contribution is 7.22. The van der Waals surface area contributed by atoms with Crippen LogP contribution in [0.3, 0.4) is 0 Å². The van der Waals surface area contributed by atoms with Gasteiger partial charge in [-0.15, -0.1) is 0 Å². The zero-order valence-electron chi connectivity index (χ0n) is 19.6. The third-order valence-electron chi connectivity index (χ3n) is 5.73. The summed E-state index contributed by atoms with van der Waals surface area (Å²) in [5.74, 6) is 1.06. The Labute approximate surface area is 198 Å². The van der Waals surface area contributed by atoms with E-state index in [4.69, 9.17) is 9.72 Å². The van der Waals surface area contributed by atoms with Crippen molar-refractivity contribution < 1.29 is 9.53 Å². The average Bonchev–Trinajstić information content (AvgIpc) is 3.49. The van der Waals surface area contributed by atoms with Crippen LogP contribution in [0.1, 0.15) is 42.9 Å². The van der Waals surface area contributed by atoms with Gasteiger partial charge in [0.15, 0.2) is 11.7 Å². The van der Waals surface area contributed by atoms with Gasteiger partial charge in [-0.3, -0.25) is 9.69 Å². The molecular formula is C26H30N4O2S. The average molecular weight is 463 g/mol. The number of ether oxygens (including phenoxy) is 1. The van der Waals surface area contributed by atoms with Gasteiger partial charge in [0, 0.05) is 25.5 Å². The zero-order valence-corrected chi connectivity index (χ0v) is 20.4. The molecular weight excluding hydrogens is 432 g/mol. The second kappa shape index (κ2) is 10.2. The number of amides is 1. The van der Waals surface area contributed by atoms with E-state index in [0.717, 1.165) is 33.9 Å². The van der Waals surface area contributed by atoms with Crippen LogP contribution in [0.4, 0.5) is 5.13 Å². The van der Waals surface area contributed by atoms with Gasteiger partial charge in [-0.1, -0.05) is 49.4 Å². The number of rotatable bonds is 9. The van der Waals surface area contributed by atoms with E-state index in [1.165, 1.54) is 11.1 Å². The lowest BCUT2D eigenvalue weighted by Crippen LogP contribution is -2.36. The number of imidazole rings is 1. The van der Waals surface area contributed by atoms with Crippen molar-refractivity contribution in [2.24, 2.45) is 0 Å². The Balaban J connectivity index is 1.52. The maximum Gasteiger partial charge on any atom is 0.266 e. The number of aromatic nitrogens is 3. The van der Waals surface area contributed by atoms with Gasteiger partial charge in [-0.25, -0.2) is 9.97 Å². The Morgan fingerprint density at radius 1 is 1.12 bits per heavy atom. The lowest BCUT2D eigenvalue weighted by molar-refractivity contribution is -0.120. The molecule has 33 heavy (non-hydrogen) atoms. The monoisotopic (exact) mass is 462 g/mol. The summed E-state index contributed by atoms with van der Waals surface area (Å²) in [6.45, 7) is 9.76. The fourth-order valence-corrected chi connectivity index (χ4v) is 4.85. The van der Waals surface area contributed by atoms with Crippen molar-refractivity contribution in [2.45, 2.75) is 46.6 Å². The van der Waals surface area contributed by atoms with Crippen molar-refractivity contribution in [3.05, 3.63) is 71.8 Å². The smallest absolute Gasteiger partial charge is 0.266 e. The van der Waals surface area contributed by atoms with Crippen molar-refractivity contribution in [1.29, 1.82) is 0 Å². The number of thiazole rings is 1. The number of benzene rings is 2. The van der Waals surface area contributed by atoms with Gasteiger partial charge in [-0.05, 0) is 55.0 Å². The highest BCUT2D eigenvalue weighted by Gasteiger charge is 2.21. The summed E-state index contributed by atoms with van der Waals surface area (Å²) in [5.41, 5.74) is 4.50. The first-order chi connectivity index (χ1) is 15.9. The number of aryl methyl sites for hydroxylation is 3. The Morgan fingerprint density at radius 2 is 1.88 bits per heavy atom. The molecule has 4 rings (SSSR count). The van der Waals surface area contributed by atoms with Gasteiger partial charge in [0.2, 0.25) is 0 Å². The largest absolute Gasteiger partial charge is 0.484 e. The SMILES string of the molecule is Cc1ccc(C)c2sc(N(CCCn3ccnc3)C(=O)COc3ccc(C(C)C)cc3)nc12. The molecule has 2 aromatic carbocycles. The number of carbonyl (C=O) groups is 1. The van der Waals surface area contributed by atoms with Crippen LogP contribution >= 0.6 is 11.3 Å². The van der Waals surface area contributed by atoms with Crippen LogP contribution in [-0.4, -0.2) is 33.6 Å². The first-order valence-electron chi connectivity index (χ1n) is 11.3. The summed E-state index contributed by atoms with van der Waals surface area (Å²) < 4.78 is 8.99. The molecule has 0 atom stereocenters. The molecule has 0 saturated carbocycles. The van der Waals surface area contributed by atoms with E-state index in [0.29, 0.717) is 18.2 Å². The van der Waals surface area contributed by atoms with Crippen LogP contribution in [0.25, 0.3) is 10.2 Å². The van der Waals surface area contributed by atoms with Gasteiger partial charge in [-0.2, -0.15) is 0 Å². The van der Waals surface area contributed by atoms with E-state index in [1.807, 2.05) is 35.0 Å². The molecule has 0 fully saturated rings. The predicted octanol–water partition coefficient (Wildman–Crippen LogP) is 5.74. The Bertz CT molecular complexity index is 1170. The third kappa shape index (κ3) is 5.42. The van der Waals surface area contributed by atoms with Crippen molar-refractivity contribution in [2.75, 3.05) is 18.1 Å². The van der Waals surface area contributed by atoms with Crippen LogP contribution in [-0.2, 0) is 11.3 Å². The number of fused-ring (bicyclic) bond motifs is 1. The van der Waals surface area contributed by atoms with Crippen LogP contribution in [0, 0.1) is 13.8 Å². The molecule has 0 N–H and O–H groups in total. The van der Waals surface area contributed by atoms with Crippen LogP contribution in [0.2, 0.25) is 0 Å². The van der Waals surface area contributed by atoms with Crippen LogP contribution < -0.4 is 9.64 Å². The summed E-state index contributed by atoms with van der Waals surface area (Å²) in [7, 11) is 0. The molecule has 2 aromatic heterocycles. The maximum absolute atomic E-state index is 13.3. The summed E-state index contributed by atoms with van der Waals surface area (Å²) in [5, 5.41) is 0.719. The molecule has 7 heteroatoms. The summed E-state index contributed by atoms with van der Waals surface area (Å²) in [6, 6.07) is 12.1. The molecule has 2 heterocycles. The van der Waals surface area contributed by atoms with Gasteiger partial charge in [0.25, 0.3) is 5.91 Å². The molecule has 0 radical (unpaired) electrons. The molecule has 1 amide bonds. The zero-order chi connectivity index (χ0) is 23.4. The number of hydrogen-bond acceptors (Lipinski definition) is 5. The number of anilines is 1. The number of hydrogen-bond donors (Lipinski definition) is 0. The summed E-state index contributed by atoms with van der Waals surface area (Å²) in [4.78, 5) is 24.0. The topological polar surface area (TPSA) is 60.2 Å². The Kier molecular flexibility index (Phi) is 7.08. The van der Waals surface area contributed by atoms with E-state index < -0.39 is 0 Å². The molecule has 0 spiro atoms. The molecule has 0 unspecified atom stereocenters. The Hall–Kier alpha value is -3.19. The number of carbonyl (C=O) groups excluding carboxylic acids is 1. The van der Waals surface area contributed by atoms with Crippen molar-refractivity contribution in [1.82, 2.24) is 14.5 Å². The molecule has 4 aromatic rings. The minimum Gasteiger partial charge on any atom is -0.484 e. The Morgan fingerprint density at radius 3 is 2.55 bits per heavy atom. The first kappa shape index (κ1) is 23.0. The highest BCUT2D eigenvalue weighted by atomic mass is 32.1. The third-order valence-corrected chi connectivity index (χ3v) is 6.94. The normalized spacial score (nSPS) is 11.3. The van der Waals surface area contributed by atoms with E-state index >= 15 is 0 Å². The standard InChI is InChI=1S/C26H30N4O2S/c1-18(2)21-8-10-22(11-9-21)32-16-23(31)30(14-5-13-29-15-12-27-17-29)26-28-24-19(3)6-7-20(4)25(24)33-26/h6-12,15,17-18H,5,13-14,16H2,1-4H3. The van der Waals surface area contributed by atoms with E-state index in [1.54, 1.807) is 28.8 Å². The minimum absolute atomic E-state index is 0.0278. The number of nitrogens with zero attached hydrogens (tertiary/aromatic N) is 4. The van der Waals surface area contributed by atoms with Gasteiger partial charge >= 0.3 is 0 Å². The summed E-state index contributed by atoms with van der Waals surface area (Å²) in [6.07, 6.45) is 6.28. The lowest BCUT2D eigenvalue weighted by atomic mass is 10.0. The van der Waals surface area contributed by atoms with Crippen molar-refractivity contribution in [3.8, 4) is 5.75 Å². The minimum atomic E-state index is -0.0945. The molecule has 6 nitrogen and oxygen atoms in total. The fourth-order valence-electron chi connectivity index (χ4n) is 3.69. The van der Waals surface area contributed by atoms with E-state index in [2.05, 4.69) is 44.8 Å². The van der Waals surface area contributed by atoms with Crippen molar-refractivity contribution >= 4 is 32.6 Å². The van der Waals surface area contributed by atoms with Gasteiger partial charge in [0.05, 0.1) is 16.5 Å². The molecule has 0 saturated heterocycles. The quantitative estimate of drug-likeness (QED) is 0.318.